The maximum atomic E-state index is 12.0. The van der Waals surface area contributed by atoms with Crippen molar-refractivity contribution in [1.82, 2.24) is 14.5 Å². The molecule has 0 atom stereocenters. The third-order valence-electron chi connectivity index (χ3n) is 2.74. The van der Waals surface area contributed by atoms with Crippen LogP contribution >= 0.6 is 11.6 Å². The number of fused-ring (bicyclic) bond motifs is 1. The molecule has 0 aliphatic carbocycles. The van der Waals surface area contributed by atoms with Gasteiger partial charge in [0.15, 0.2) is 5.65 Å². The third-order valence-corrected chi connectivity index (χ3v) is 2.95. The van der Waals surface area contributed by atoms with Crippen molar-refractivity contribution >= 4 is 22.6 Å². The monoisotopic (exact) mass is 273 g/mol. The Morgan fingerprint density at radius 3 is 2.53 bits per heavy atom. The second kappa shape index (κ2) is 4.37. The summed E-state index contributed by atoms with van der Waals surface area (Å²) in [5, 5.41) is 0.537. The van der Waals surface area contributed by atoms with Crippen molar-refractivity contribution in [2.45, 2.75) is 0 Å². The van der Waals surface area contributed by atoms with Crippen LogP contribution in [0.4, 0.5) is 0 Å². The number of hydrogen-bond donors (Lipinski definition) is 1. The molecule has 2 heterocycles. The van der Waals surface area contributed by atoms with E-state index in [1.54, 1.807) is 30.3 Å². The lowest BCUT2D eigenvalue weighted by molar-refractivity contribution is 0.925. The van der Waals surface area contributed by atoms with Crippen molar-refractivity contribution in [3.8, 4) is 5.69 Å². The molecule has 0 aliphatic rings. The van der Waals surface area contributed by atoms with Crippen LogP contribution in [0.1, 0.15) is 0 Å². The van der Waals surface area contributed by atoms with Crippen LogP contribution in [-0.2, 0) is 0 Å². The molecule has 0 fully saturated rings. The fourth-order valence-electron chi connectivity index (χ4n) is 1.91. The van der Waals surface area contributed by atoms with Crippen LogP contribution < -0.4 is 11.2 Å². The number of H-pyrrole nitrogens is 1. The SMILES string of the molecule is O=c1[nH]c(=O)n(-c2ccccc2)c2nc(Cl)ccc12. The normalized spacial score (nSPS) is 10.8. The molecule has 0 unspecified atom stereocenters. The summed E-state index contributed by atoms with van der Waals surface area (Å²) in [6.07, 6.45) is 0. The van der Waals surface area contributed by atoms with Gasteiger partial charge in [0.2, 0.25) is 0 Å². The minimum Gasteiger partial charge on any atom is -0.273 e. The zero-order valence-electron chi connectivity index (χ0n) is 9.63. The third kappa shape index (κ3) is 1.94. The van der Waals surface area contributed by atoms with Crippen molar-refractivity contribution in [2.75, 3.05) is 0 Å². The Morgan fingerprint density at radius 1 is 1.05 bits per heavy atom. The molecular weight excluding hydrogens is 266 g/mol. The maximum Gasteiger partial charge on any atom is 0.334 e. The van der Waals surface area contributed by atoms with E-state index < -0.39 is 11.2 Å². The smallest absolute Gasteiger partial charge is 0.273 e. The molecule has 6 heteroatoms. The quantitative estimate of drug-likeness (QED) is 0.687. The maximum absolute atomic E-state index is 12.0. The Labute approximate surface area is 112 Å². The average molecular weight is 274 g/mol. The number of halogens is 1. The molecule has 0 bridgehead atoms. The van der Waals surface area contributed by atoms with Gasteiger partial charge in [-0.25, -0.2) is 14.3 Å². The van der Waals surface area contributed by atoms with Crippen LogP contribution in [-0.4, -0.2) is 14.5 Å². The number of hydrogen-bond acceptors (Lipinski definition) is 3. The number of rotatable bonds is 1. The highest BCUT2D eigenvalue weighted by atomic mass is 35.5. The van der Waals surface area contributed by atoms with Gasteiger partial charge in [-0.2, -0.15) is 0 Å². The molecule has 0 amide bonds. The van der Waals surface area contributed by atoms with Gasteiger partial charge in [-0.05, 0) is 24.3 Å². The standard InChI is InChI=1S/C13H8ClN3O2/c14-10-7-6-9-11(15-10)17(13(19)16-12(9)18)8-4-2-1-3-5-8/h1-7H,(H,16,18,19). The number of aromatic amines is 1. The van der Waals surface area contributed by atoms with Crippen LogP contribution in [0.2, 0.25) is 5.15 Å². The molecule has 1 aromatic carbocycles. The fraction of sp³-hybridized carbons (Fsp3) is 0. The molecule has 1 N–H and O–H groups in total. The summed E-state index contributed by atoms with van der Waals surface area (Å²) < 4.78 is 1.32. The molecule has 94 valence electrons. The lowest BCUT2D eigenvalue weighted by Gasteiger charge is -2.08. The van der Waals surface area contributed by atoms with E-state index in [0.717, 1.165) is 0 Å². The van der Waals surface area contributed by atoms with E-state index in [-0.39, 0.29) is 10.8 Å². The minimum atomic E-state index is -0.543. The van der Waals surface area contributed by atoms with E-state index >= 15 is 0 Å². The molecule has 2 aromatic heterocycles. The molecule has 0 aliphatic heterocycles. The number of para-hydroxylation sites is 1. The summed E-state index contributed by atoms with van der Waals surface area (Å²) in [5.74, 6) is 0. The molecule has 0 saturated carbocycles. The summed E-state index contributed by atoms with van der Waals surface area (Å²) in [5.41, 5.74) is -0.161. The predicted octanol–water partition coefficient (Wildman–Crippen LogP) is 1.73. The first kappa shape index (κ1) is 11.7. The first-order chi connectivity index (χ1) is 9.16. The number of aromatic nitrogens is 3. The topological polar surface area (TPSA) is 67.8 Å². The highest BCUT2D eigenvalue weighted by molar-refractivity contribution is 6.29. The van der Waals surface area contributed by atoms with Gasteiger partial charge in [-0.1, -0.05) is 29.8 Å². The van der Waals surface area contributed by atoms with Crippen LogP contribution in [0, 0.1) is 0 Å². The highest BCUT2D eigenvalue weighted by Gasteiger charge is 2.10. The Morgan fingerprint density at radius 2 is 1.79 bits per heavy atom. The lowest BCUT2D eigenvalue weighted by atomic mass is 10.3. The number of nitrogens with zero attached hydrogens (tertiary/aromatic N) is 2. The van der Waals surface area contributed by atoms with Crippen LogP contribution in [0.3, 0.4) is 0 Å². The second-order valence-corrected chi connectivity index (χ2v) is 4.32. The Kier molecular flexibility index (Phi) is 2.68. The van der Waals surface area contributed by atoms with E-state index in [1.807, 2.05) is 6.07 Å². The fourth-order valence-corrected chi connectivity index (χ4v) is 2.05. The van der Waals surface area contributed by atoms with Crippen LogP contribution in [0.25, 0.3) is 16.7 Å². The van der Waals surface area contributed by atoms with Gasteiger partial charge in [0.05, 0.1) is 11.1 Å². The number of nitrogens with one attached hydrogen (secondary N) is 1. The predicted molar refractivity (Wildman–Crippen MR) is 73.0 cm³/mol. The van der Waals surface area contributed by atoms with Gasteiger partial charge in [-0.15, -0.1) is 0 Å². The molecule has 0 radical (unpaired) electrons. The molecule has 19 heavy (non-hydrogen) atoms. The van der Waals surface area contributed by atoms with Gasteiger partial charge < -0.3 is 0 Å². The minimum absolute atomic E-state index is 0.224. The van der Waals surface area contributed by atoms with Crippen molar-refractivity contribution in [3.05, 3.63) is 68.5 Å². The molecule has 3 rings (SSSR count). The lowest BCUT2D eigenvalue weighted by Crippen LogP contribution is -2.29. The second-order valence-electron chi connectivity index (χ2n) is 3.94. The van der Waals surface area contributed by atoms with Crippen molar-refractivity contribution in [2.24, 2.45) is 0 Å². The van der Waals surface area contributed by atoms with E-state index in [9.17, 15) is 9.59 Å². The summed E-state index contributed by atoms with van der Waals surface area (Å²) in [4.78, 5) is 30.1. The van der Waals surface area contributed by atoms with Crippen molar-refractivity contribution in [1.29, 1.82) is 0 Å². The Hall–Kier alpha value is -2.40. The zero-order valence-corrected chi connectivity index (χ0v) is 10.4. The zero-order chi connectivity index (χ0) is 13.4. The number of benzene rings is 1. The first-order valence-corrected chi connectivity index (χ1v) is 5.91. The average Bonchev–Trinajstić information content (AvgIpc) is 2.39. The van der Waals surface area contributed by atoms with E-state index in [4.69, 9.17) is 11.6 Å². The molecule has 3 aromatic rings. The summed E-state index contributed by atoms with van der Waals surface area (Å²) in [6, 6.07) is 12.0. The van der Waals surface area contributed by atoms with Gasteiger partial charge in [-0.3, -0.25) is 9.78 Å². The van der Waals surface area contributed by atoms with Gasteiger partial charge in [0.25, 0.3) is 5.56 Å². The summed E-state index contributed by atoms with van der Waals surface area (Å²) in [6.45, 7) is 0. The molecule has 0 saturated heterocycles. The van der Waals surface area contributed by atoms with E-state index in [0.29, 0.717) is 11.1 Å². The first-order valence-electron chi connectivity index (χ1n) is 5.54. The van der Waals surface area contributed by atoms with Gasteiger partial charge in [0, 0.05) is 0 Å². The van der Waals surface area contributed by atoms with Gasteiger partial charge >= 0.3 is 5.69 Å². The van der Waals surface area contributed by atoms with E-state index in [2.05, 4.69) is 9.97 Å². The van der Waals surface area contributed by atoms with Crippen LogP contribution in [0.5, 0.6) is 0 Å². The Balaban J connectivity index is 2.51. The molecular formula is C13H8ClN3O2. The molecule has 5 nitrogen and oxygen atoms in total. The molecule has 0 spiro atoms. The summed E-state index contributed by atoms with van der Waals surface area (Å²) in [7, 11) is 0. The highest BCUT2D eigenvalue weighted by Crippen LogP contribution is 2.14. The Bertz CT molecular complexity index is 868. The van der Waals surface area contributed by atoms with Crippen LogP contribution in [0.15, 0.2) is 52.1 Å². The van der Waals surface area contributed by atoms with Crippen molar-refractivity contribution < 1.29 is 0 Å². The summed E-state index contributed by atoms with van der Waals surface area (Å²) >= 11 is 5.84. The number of pyridine rings is 1. The van der Waals surface area contributed by atoms with Gasteiger partial charge in [0.1, 0.15) is 5.15 Å². The largest absolute Gasteiger partial charge is 0.334 e. The van der Waals surface area contributed by atoms with E-state index in [1.165, 1.54) is 10.6 Å². The van der Waals surface area contributed by atoms with Crippen molar-refractivity contribution in [3.63, 3.8) is 0 Å².